The minimum absolute atomic E-state index is 0.0252. The highest BCUT2D eigenvalue weighted by Gasteiger charge is 2.17. The SMILES string of the molecule is COc1ccc(C(=O)c2cc3ccc(F)cc3s2)c(F)c1. The molecule has 2 nitrogen and oxygen atoms in total. The topological polar surface area (TPSA) is 26.3 Å². The summed E-state index contributed by atoms with van der Waals surface area (Å²) in [5.74, 6) is -1.07. The summed E-state index contributed by atoms with van der Waals surface area (Å²) in [4.78, 5) is 12.7. The van der Waals surface area contributed by atoms with E-state index in [9.17, 15) is 13.6 Å². The summed E-state index contributed by atoms with van der Waals surface area (Å²) in [5, 5.41) is 0.763. The molecule has 5 heteroatoms. The fraction of sp³-hybridized carbons (Fsp3) is 0.0625. The van der Waals surface area contributed by atoms with Crippen LogP contribution >= 0.6 is 11.3 Å². The first-order valence-electron chi connectivity index (χ1n) is 6.16. The number of carbonyl (C=O) groups excluding carboxylic acids is 1. The van der Waals surface area contributed by atoms with Crippen LogP contribution in [0.5, 0.6) is 5.75 Å². The van der Waals surface area contributed by atoms with Crippen molar-refractivity contribution >= 4 is 27.2 Å². The van der Waals surface area contributed by atoms with Gasteiger partial charge in [-0.1, -0.05) is 6.07 Å². The molecule has 0 N–H and O–H groups in total. The predicted molar refractivity (Wildman–Crippen MR) is 78.2 cm³/mol. The first kappa shape index (κ1) is 13.7. The molecular weight excluding hydrogens is 294 g/mol. The van der Waals surface area contributed by atoms with Gasteiger partial charge in [0.25, 0.3) is 0 Å². The maximum absolute atomic E-state index is 13.9. The summed E-state index contributed by atoms with van der Waals surface area (Å²) in [7, 11) is 1.43. The molecule has 0 spiro atoms. The fourth-order valence-corrected chi connectivity index (χ4v) is 3.10. The third-order valence-electron chi connectivity index (χ3n) is 3.13. The number of hydrogen-bond acceptors (Lipinski definition) is 3. The van der Waals surface area contributed by atoms with E-state index in [2.05, 4.69) is 0 Å². The highest BCUT2D eigenvalue weighted by Crippen LogP contribution is 2.29. The molecule has 0 bridgehead atoms. The van der Waals surface area contributed by atoms with E-state index in [0.717, 1.165) is 16.7 Å². The lowest BCUT2D eigenvalue weighted by Crippen LogP contribution is -2.02. The zero-order valence-electron chi connectivity index (χ0n) is 11.0. The van der Waals surface area contributed by atoms with Gasteiger partial charge in [-0.15, -0.1) is 11.3 Å². The Morgan fingerprint density at radius 1 is 1.10 bits per heavy atom. The molecule has 0 radical (unpaired) electrons. The van der Waals surface area contributed by atoms with Crippen molar-refractivity contribution in [2.75, 3.05) is 7.11 Å². The van der Waals surface area contributed by atoms with Gasteiger partial charge in [-0.25, -0.2) is 8.78 Å². The summed E-state index contributed by atoms with van der Waals surface area (Å²) in [6.45, 7) is 0. The number of methoxy groups -OCH3 is 1. The van der Waals surface area contributed by atoms with Crippen LogP contribution in [0.25, 0.3) is 10.1 Å². The van der Waals surface area contributed by atoms with Gasteiger partial charge in [0.1, 0.15) is 17.4 Å². The van der Waals surface area contributed by atoms with Crippen LogP contribution in [0.4, 0.5) is 8.78 Å². The lowest BCUT2D eigenvalue weighted by Gasteiger charge is -2.03. The van der Waals surface area contributed by atoms with Crippen LogP contribution in [0.2, 0.25) is 0 Å². The van der Waals surface area contributed by atoms with Crippen molar-refractivity contribution in [2.24, 2.45) is 0 Å². The zero-order valence-corrected chi connectivity index (χ0v) is 11.8. The van der Waals surface area contributed by atoms with E-state index in [1.165, 1.54) is 37.4 Å². The summed E-state index contributed by atoms with van der Waals surface area (Å²) < 4.78 is 32.7. The highest BCUT2D eigenvalue weighted by atomic mass is 32.1. The Morgan fingerprint density at radius 3 is 2.62 bits per heavy atom. The van der Waals surface area contributed by atoms with Crippen molar-refractivity contribution in [1.82, 2.24) is 0 Å². The van der Waals surface area contributed by atoms with Crippen LogP contribution in [0, 0.1) is 11.6 Å². The number of benzene rings is 2. The molecule has 0 aliphatic rings. The summed E-state index contributed by atoms with van der Waals surface area (Å²) in [6.07, 6.45) is 0. The summed E-state index contributed by atoms with van der Waals surface area (Å²) in [5.41, 5.74) is -0.0252. The number of halogens is 2. The zero-order chi connectivity index (χ0) is 15.0. The van der Waals surface area contributed by atoms with Crippen molar-refractivity contribution in [2.45, 2.75) is 0 Å². The van der Waals surface area contributed by atoms with Crippen LogP contribution in [0.15, 0.2) is 42.5 Å². The molecule has 0 atom stereocenters. The molecule has 106 valence electrons. The lowest BCUT2D eigenvalue weighted by molar-refractivity contribution is 0.103. The maximum atomic E-state index is 13.9. The van der Waals surface area contributed by atoms with Gasteiger partial charge in [-0.2, -0.15) is 0 Å². The molecule has 1 aromatic heterocycles. The average Bonchev–Trinajstić information content (AvgIpc) is 2.89. The Bertz CT molecular complexity index is 839. The fourth-order valence-electron chi connectivity index (χ4n) is 2.06. The second kappa shape index (κ2) is 5.26. The van der Waals surface area contributed by atoms with Crippen molar-refractivity contribution in [1.29, 1.82) is 0 Å². The molecule has 0 aliphatic carbocycles. The van der Waals surface area contributed by atoms with Gasteiger partial charge in [0, 0.05) is 10.8 Å². The second-order valence-corrected chi connectivity index (χ2v) is 5.55. The Hall–Kier alpha value is -2.27. The number of ether oxygens (including phenoxy) is 1. The Morgan fingerprint density at radius 2 is 1.90 bits per heavy atom. The van der Waals surface area contributed by atoms with Crippen LogP contribution in [-0.2, 0) is 0 Å². The highest BCUT2D eigenvalue weighted by molar-refractivity contribution is 7.21. The lowest BCUT2D eigenvalue weighted by atomic mass is 10.1. The third kappa shape index (κ3) is 2.52. The molecule has 3 rings (SSSR count). The van der Waals surface area contributed by atoms with E-state index in [1.807, 2.05) is 0 Å². The van der Waals surface area contributed by atoms with E-state index in [-0.39, 0.29) is 11.4 Å². The monoisotopic (exact) mass is 304 g/mol. The molecule has 0 amide bonds. The van der Waals surface area contributed by atoms with Gasteiger partial charge in [-0.05, 0) is 35.7 Å². The van der Waals surface area contributed by atoms with E-state index in [1.54, 1.807) is 12.1 Å². The molecule has 3 aromatic rings. The molecule has 0 aliphatic heterocycles. The molecule has 0 unspecified atom stereocenters. The molecule has 21 heavy (non-hydrogen) atoms. The van der Waals surface area contributed by atoms with E-state index in [4.69, 9.17) is 4.74 Å². The minimum Gasteiger partial charge on any atom is -0.497 e. The van der Waals surface area contributed by atoms with Crippen molar-refractivity contribution in [3.8, 4) is 5.75 Å². The minimum atomic E-state index is -0.636. The third-order valence-corrected chi connectivity index (χ3v) is 4.22. The van der Waals surface area contributed by atoms with E-state index >= 15 is 0 Å². The van der Waals surface area contributed by atoms with Gasteiger partial charge in [0.15, 0.2) is 0 Å². The molecule has 0 saturated carbocycles. The smallest absolute Gasteiger partial charge is 0.205 e. The first-order valence-corrected chi connectivity index (χ1v) is 6.97. The quantitative estimate of drug-likeness (QED) is 0.670. The van der Waals surface area contributed by atoms with Crippen molar-refractivity contribution in [3.63, 3.8) is 0 Å². The number of ketones is 1. The van der Waals surface area contributed by atoms with Crippen molar-refractivity contribution in [3.05, 3.63) is 64.5 Å². The normalized spacial score (nSPS) is 10.8. The van der Waals surface area contributed by atoms with Gasteiger partial charge in [0.2, 0.25) is 5.78 Å². The first-order chi connectivity index (χ1) is 10.1. The van der Waals surface area contributed by atoms with E-state index < -0.39 is 11.6 Å². The Kier molecular flexibility index (Phi) is 3.43. The predicted octanol–water partition coefficient (Wildman–Crippen LogP) is 4.42. The van der Waals surface area contributed by atoms with Gasteiger partial charge >= 0.3 is 0 Å². The Balaban J connectivity index is 2.03. The number of rotatable bonds is 3. The largest absolute Gasteiger partial charge is 0.497 e. The molecule has 2 aromatic carbocycles. The number of carbonyl (C=O) groups is 1. The molecule has 0 saturated heterocycles. The van der Waals surface area contributed by atoms with Gasteiger partial charge < -0.3 is 4.74 Å². The molecular formula is C16H10F2O2S. The molecule has 0 fully saturated rings. The Labute approximate surface area is 123 Å². The second-order valence-electron chi connectivity index (χ2n) is 4.47. The van der Waals surface area contributed by atoms with Gasteiger partial charge in [0.05, 0.1) is 17.6 Å². The molecule has 1 heterocycles. The summed E-state index contributed by atoms with van der Waals surface area (Å²) >= 11 is 1.15. The maximum Gasteiger partial charge on any atom is 0.205 e. The number of fused-ring (bicyclic) bond motifs is 1. The standard InChI is InChI=1S/C16H10F2O2S/c1-20-11-4-5-12(13(18)8-11)16(19)15-6-9-2-3-10(17)7-14(9)21-15/h2-8H,1H3. The number of thiophene rings is 1. The van der Waals surface area contributed by atoms with Crippen LogP contribution < -0.4 is 4.74 Å². The average molecular weight is 304 g/mol. The van der Waals surface area contributed by atoms with Crippen LogP contribution in [0.1, 0.15) is 15.2 Å². The van der Waals surface area contributed by atoms with Crippen molar-refractivity contribution < 1.29 is 18.3 Å². The van der Waals surface area contributed by atoms with Crippen LogP contribution in [0.3, 0.4) is 0 Å². The number of hydrogen-bond donors (Lipinski definition) is 0. The van der Waals surface area contributed by atoms with E-state index in [0.29, 0.717) is 15.3 Å². The summed E-state index contributed by atoms with van der Waals surface area (Å²) in [6, 6.07) is 10.0. The van der Waals surface area contributed by atoms with Crippen LogP contribution in [-0.4, -0.2) is 12.9 Å². The van der Waals surface area contributed by atoms with Gasteiger partial charge in [-0.3, -0.25) is 4.79 Å².